The van der Waals surface area contributed by atoms with E-state index >= 15 is 0 Å². The van der Waals surface area contributed by atoms with Gasteiger partial charge < -0.3 is 5.73 Å². The summed E-state index contributed by atoms with van der Waals surface area (Å²) in [7, 11) is 0. The molecule has 0 fully saturated rings. The molecule has 70 valence electrons. The fourth-order valence-corrected chi connectivity index (χ4v) is 0.622. The van der Waals surface area contributed by atoms with Gasteiger partial charge in [0.2, 0.25) is 0 Å². The third-order valence-electron chi connectivity index (χ3n) is 1.43. The van der Waals surface area contributed by atoms with Crippen LogP contribution in [0, 0.1) is 0 Å². The maximum absolute atomic E-state index is 4.61. The first kappa shape index (κ1) is 13.6. The van der Waals surface area contributed by atoms with Crippen molar-refractivity contribution in [1.29, 1.82) is 0 Å². The van der Waals surface area contributed by atoms with Crippen molar-refractivity contribution in [2.45, 2.75) is 33.6 Å². The van der Waals surface area contributed by atoms with Crippen molar-refractivity contribution in [1.82, 2.24) is 0 Å². The molecule has 0 aromatic heterocycles. The molecule has 0 aromatic rings. The second-order valence-electron chi connectivity index (χ2n) is 2.48. The highest BCUT2D eigenvalue weighted by molar-refractivity contribution is 4.97. The van der Waals surface area contributed by atoms with E-state index in [0.717, 1.165) is 0 Å². The van der Waals surface area contributed by atoms with E-state index in [2.05, 4.69) is 51.3 Å². The van der Waals surface area contributed by atoms with E-state index in [9.17, 15) is 0 Å². The summed E-state index contributed by atoms with van der Waals surface area (Å²) in [6, 6.07) is 0. The molecule has 0 spiro atoms. The molecule has 0 aromatic carbocycles. The predicted octanol–water partition coefficient (Wildman–Crippen LogP) is 3.40. The lowest BCUT2D eigenvalue weighted by atomic mass is 10.1. The van der Waals surface area contributed by atoms with Crippen molar-refractivity contribution >= 4 is 0 Å². The molecule has 0 heterocycles. The molecule has 0 radical (unpaired) electrons. The van der Waals surface area contributed by atoms with Gasteiger partial charge in [-0.05, 0) is 39.8 Å². The van der Waals surface area contributed by atoms with E-state index in [1.807, 2.05) is 0 Å². The molecule has 1 heteroatoms. The standard InChI is InChI=1S/C9H16.C2H5N/c1-4-6-7-8-9(3)5-2;1-2-3/h4-6H,7-8H2,1-3H3;2H,1,3H2/b6-4+,9-5+;. The van der Waals surface area contributed by atoms with Crippen LogP contribution in [0.5, 0.6) is 0 Å². The van der Waals surface area contributed by atoms with Gasteiger partial charge in [-0.25, -0.2) is 0 Å². The maximum Gasteiger partial charge on any atom is -0.0136 e. The van der Waals surface area contributed by atoms with Gasteiger partial charge in [-0.15, -0.1) is 0 Å². The van der Waals surface area contributed by atoms with Crippen LogP contribution in [0.25, 0.3) is 0 Å². The number of allylic oxidation sites excluding steroid dienone is 4. The van der Waals surface area contributed by atoms with Crippen molar-refractivity contribution in [3.05, 3.63) is 36.6 Å². The van der Waals surface area contributed by atoms with Gasteiger partial charge in [-0.1, -0.05) is 30.4 Å². The van der Waals surface area contributed by atoms with Gasteiger partial charge in [0.1, 0.15) is 0 Å². The second-order valence-corrected chi connectivity index (χ2v) is 2.48. The van der Waals surface area contributed by atoms with E-state index in [-0.39, 0.29) is 0 Å². The Bertz CT molecular complexity index is 143. The first-order chi connectivity index (χ1) is 5.72. The third-order valence-corrected chi connectivity index (χ3v) is 1.43. The monoisotopic (exact) mass is 167 g/mol. The molecule has 12 heavy (non-hydrogen) atoms. The topological polar surface area (TPSA) is 26.0 Å². The van der Waals surface area contributed by atoms with Gasteiger partial charge in [0, 0.05) is 0 Å². The molecule has 0 aliphatic carbocycles. The fraction of sp³-hybridized carbons (Fsp3) is 0.455. The van der Waals surface area contributed by atoms with Crippen LogP contribution in [-0.4, -0.2) is 0 Å². The molecule has 0 bridgehead atoms. The lowest BCUT2D eigenvalue weighted by molar-refractivity contribution is 0.972. The molecule has 0 rings (SSSR count). The molecule has 0 atom stereocenters. The first-order valence-corrected chi connectivity index (χ1v) is 4.28. The van der Waals surface area contributed by atoms with Gasteiger partial charge in [-0.2, -0.15) is 0 Å². The molecule has 0 saturated carbocycles. The van der Waals surface area contributed by atoms with Crippen molar-refractivity contribution in [2.75, 3.05) is 0 Å². The lowest BCUT2D eigenvalue weighted by Gasteiger charge is -1.93. The van der Waals surface area contributed by atoms with Crippen LogP contribution in [0.1, 0.15) is 33.6 Å². The van der Waals surface area contributed by atoms with E-state index in [4.69, 9.17) is 0 Å². The van der Waals surface area contributed by atoms with Gasteiger partial charge in [-0.3, -0.25) is 0 Å². The molecule has 1 nitrogen and oxygen atoms in total. The van der Waals surface area contributed by atoms with Crippen LogP contribution < -0.4 is 5.73 Å². The lowest BCUT2D eigenvalue weighted by Crippen LogP contribution is -1.72. The van der Waals surface area contributed by atoms with Gasteiger partial charge in [0.15, 0.2) is 0 Å². The number of rotatable bonds is 3. The molecule has 0 saturated heterocycles. The Hall–Kier alpha value is -0.980. The Labute approximate surface area is 76.7 Å². The highest BCUT2D eigenvalue weighted by Crippen LogP contribution is 2.02. The van der Waals surface area contributed by atoms with Crippen LogP contribution in [-0.2, 0) is 0 Å². The van der Waals surface area contributed by atoms with Crippen molar-refractivity contribution in [3.63, 3.8) is 0 Å². The van der Waals surface area contributed by atoms with Crippen molar-refractivity contribution < 1.29 is 0 Å². The zero-order valence-corrected chi connectivity index (χ0v) is 8.51. The quantitative estimate of drug-likeness (QED) is 0.640. The second kappa shape index (κ2) is 12.7. The number of hydrogen-bond donors (Lipinski definition) is 1. The summed E-state index contributed by atoms with van der Waals surface area (Å²) in [5, 5.41) is 0. The summed E-state index contributed by atoms with van der Waals surface area (Å²) in [6.07, 6.45) is 10.1. The van der Waals surface area contributed by atoms with E-state index in [1.165, 1.54) is 24.6 Å². The van der Waals surface area contributed by atoms with Crippen LogP contribution in [0.15, 0.2) is 36.6 Å². The molecular weight excluding hydrogens is 146 g/mol. The van der Waals surface area contributed by atoms with Crippen molar-refractivity contribution in [2.24, 2.45) is 5.73 Å². The molecule has 2 N–H and O–H groups in total. The van der Waals surface area contributed by atoms with Crippen LogP contribution in [0.2, 0.25) is 0 Å². The Kier molecular flexibility index (Phi) is 14.4. The molecular formula is C11H21N. The van der Waals surface area contributed by atoms with E-state index in [0.29, 0.717) is 0 Å². The zero-order valence-electron chi connectivity index (χ0n) is 8.51. The largest absolute Gasteiger partial charge is 0.405 e. The average molecular weight is 167 g/mol. The highest BCUT2D eigenvalue weighted by atomic mass is 14.5. The summed E-state index contributed by atoms with van der Waals surface area (Å²) in [6.45, 7) is 9.46. The van der Waals surface area contributed by atoms with Crippen LogP contribution in [0.3, 0.4) is 0 Å². The predicted molar refractivity (Wildman–Crippen MR) is 57.9 cm³/mol. The van der Waals surface area contributed by atoms with E-state index < -0.39 is 0 Å². The van der Waals surface area contributed by atoms with Gasteiger partial charge in [0.05, 0.1) is 0 Å². The smallest absolute Gasteiger partial charge is 0.0136 e. The Morgan fingerprint density at radius 3 is 2.25 bits per heavy atom. The van der Waals surface area contributed by atoms with Gasteiger partial charge in [0.25, 0.3) is 0 Å². The minimum absolute atomic E-state index is 1.19. The fourth-order valence-electron chi connectivity index (χ4n) is 0.622. The number of nitrogens with two attached hydrogens (primary N) is 1. The first-order valence-electron chi connectivity index (χ1n) is 4.28. The van der Waals surface area contributed by atoms with Crippen LogP contribution in [0.4, 0.5) is 0 Å². The highest BCUT2D eigenvalue weighted by Gasteiger charge is 1.82. The Morgan fingerprint density at radius 2 is 1.92 bits per heavy atom. The summed E-state index contributed by atoms with van der Waals surface area (Å²) in [5.74, 6) is 0. The average Bonchev–Trinajstić information content (AvgIpc) is 2.06. The summed E-state index contributed by atoms with van der Waals surface area (Å²) >= 11 is 0. The van der Waals surface area contributed by atoms with Crippen molar-refractivity contribution in [3.8, 4) is 0 Å². The maximum atomic E-state index is 4.61. The van der Waals surface area contributed by atoms with E-state index in [1.54, 1.807) is 0 Å². The Balaban J connectivity index is 0. The SMILES string of the molecule is C/C=C/CC/C(C)=C/C.C=CN. The normalized spacial score (nSPS) is 10.8. The minimum atomic E-state index is 1.19. The van der Waals surface area contributed by atoms with Crippen LogP contribution >= 0.6 is 0 Å². The minimum Gasteiger partial charge on any atom is -0.405 e. The Morgan fingerprint density at radius 1 is 1.42 bits per heavy atom. The third kappa shape index (κ3) is 16.0. The number of hydrogen-bond acceptors (Lipinski definition) is 1. The molecule has 0 aliphatic rings. The summed E-state index contributed by atoms with van der Waals surface area (Å²) < 4.78 is 0. The zero-order chi connectivity index (χ0) is 9.82. The van der Waals surface area contributed by atoms with Gasteiger partial charge >= 0.3 is 0 Å². The molecule has 0 unspecified atom stereocenters. The molecule has 0 aliphatic heterocycles. The summed E-state index contributed by atoms with van der Waals surface area (Å²) in [5.41, 5.74) is 6.09. The molecule has 0 amide bonds. The summed E-state index contributed by atoms with van der Waals surface area (Å²) in [4.78, 5) is 0.